The molecule has 1 aliphatic rings. The van der Waals surface area contributed by atoms with Crippen LogP contribution in [-0.4, -0.2) is 19.8 Å². The van der Waals surface area contributed by atoms with E-state index in [0.717, 1.165) is 25.0 Å². The molecule has 2 rings (SSSR count). The predicted molar refractivity (Wildman–Crippen MR) is 77.8 cm³/mol. The summed E-state index contributed by atoms with van der Waals surface area (Å²) in [7, 11) is -4.15. The fraction of sp³-hybridized carbons (Fsp3) is 0.571. The third-order valence-corrected chi connectivity index (χ3v) is 6.13. The molecule has 1 aromatic carbocycles. The van der Waals surface area contributed by atoms with Gasteiger partial charge in [-0.1, -0.05) is 6.92 Å². The highest BCUT2D eigenvalue weighted by atomic mass is 35.5. The van der Waals surface area contributed by atoms with E-state index in [4.69, 9.17) is 11.6 Å². The van der Waals surface area contributed by atoms with Gasteiger partial charge in [0, 0.05) is 11.4 Å². The summed E-state index contributed by atoms with van der Waals surface area (Å²) >= 11 is 5.95. The number of rotatable bonds is 4. The lowest BCUT2D eigenvalue weighted by molar-refractivity contribution is 0.247. The van der Waals surface area contributed by atoms with Crippen molar-refractivity contribution in [2.75, 3.05) is 5.88 Å². The molecule has 1 aliphatic carbocycles. The van der Waals surface area contributed by atoms with Gasteiger partial charge in [-0.15, -0.1) is 11.6 Å². The molecule has 0 unspecified atom stereocenters. The van der Waals surface area contributed by atoms with Gasteiger partial charge in [0.1, 0.15) is 16.5 Å². The summed E-state index contributed by atoms with van der Waals surface area (Å²) in [5.41, 5.74) is -0.786. The van der Waals surface area contributed by atoms with E-state index in [2.05, 4.69) is 11.6 Å². The Morgan fingerprint density at radius 3 is 2.52 bits per heavy atom. The van der Waals surface area contributed by atoms with Crippen molar-refractivity contribution in [3.8, 4) is 0 Å². The van der Waals surface area contributed by atoms with Gasteiger partial charge >= 0.3 is 0 Å². The molecule has 21 heavy (non-hydrogen) atoms. The fourth-order valence-electron chi connectivity index (χ4n) is 2.60. The maximum atomic E-state index is 13.7. The fourth-order valence-corrected chi connectivity index (χ4v) is 4.56. The molecule has 0 bridgehead atoms. The van der Waals surface area contributed by atoms with Gasteiger partial charge in [0.15, 0.2) is 0 Å². The molecule has 7 heteroatoms. The molecule has 1 fully saturated rings. The Labute approximate surface area is 128 Å². The van der Waals surface area contributed by atoms with Crippen LogP contribution >= 0.6 is 11.6 Å². The average Bonchev–Trinajstić information content (AvgIpc) is 2.44. The van der Waals surface area contributed by atoms with E-state index < -0.39 is 32.1 Å². The smallest absolute Gasteiger partial charge is 0.207 e. The van der Waals surface area contributed by atoms with Crippen LogP contribution in [0.4, 0.5) is 8.78 Å². The molecule has 0 radical (unpaired) electrons. The van der Waals surface area contributed by atoms with E-state index in [1.807, 2.05) is 0 Å². The van der Waals surface area contributed by atoms with Crippen LogP contribution in [0.25, 0.3) is 0 Å². The number of hydrogen-bond donors (Lipinski definition) is 1. The number of hydrogen-bond acceptors (Lipinski definition) is 2. The van der Waals surface area contributed by atoms with Gasteiger partial charge in [0.2, 0.25) is 10.0 Å². The normalized spacial score (nSPS) is 26.8. The van der Waals surface area contributed by atoms with Crippen LogP contribution in [0.3, 0.4) is 0 Å². The minimum Gasteiger partial charge on any atom is -0.207 e. The van der Waals surface area contributed by atoms with Crippen molar-refractivity contribution >= 4 is 21.6 Å². The maximum Gasteiger partial charge on any atom is 0.244 e. The van der Waals surface area contributed by atoms with Crippen LogP contribution < -0.4 is 4.72 Å². The van der Waals surface area contributed by atoms with E-state index in [0.29, 0.717) is 24.8 Å². The topological polar surface area (TPSA) is 46.2 Å². The standard InChI is InChI=1S/C14H18ClF2NO2S/c1-10-4-6-14(9-15,7-5-10)18-21(19,20)13-8-11(16)2-3-12(13)17/h2-3,8,10,18H,4-7,9H2,1H3. The third-order valence-electron chi connectivity index (χ3n) is 4.02. The van der Waals surface area contributed by atoms with Crippen LogP contribution in [0, 0.1) is 17.6 Å². The Morgan fingerprint density at radius 1 is 1.33 bits per heavy atom. The number of alkyl halides is 1. The van der Waals surface area contributed by atoms with Crippen molar-refractivity contribution in [1.29, 1.82) is 0 Å². The first-order chi connectivity index (χ1) is 9.78. The molecule has 0 heterocycles. The zero-order valence-corrected chi connectivity index (χ0v) is 13.3. The monoisotopic (exact) mass is 337 g/mol. The first kappa shape index (κ1) is 16.6. The molecular weight excluding hydrogens is 320 g/mol. The lowest BCUT2D eigenvalue weighted by Crippen LogP contribution is -2.52. The second-order valence-corrected chi connectivity index (χ2v) is 7.69. The van der Waals surface area contributed by atoms with Gasteiger partial charge in [-0.05, 0) is 49.8 Å². The number of halogens is 3. The minimum atomic E-state index is -4.15. The molecule has 0 saturated heterocycles. The first-order valence-corrected chi connectivity index (χ1v) is 8.85. The molecule has 118 valence electrons. The van der Waals surface area contributed by atoms with E-state index in [1.54, 1.807) is 0 Å². The van der Waals surface area contributed by atoms with Crippen molar-refractivity contribution in [1.82, 2.24) is 4.72 Å². The van der Waals surface area contributed by atoms with Crippen molar-refractivity contribution in [2.24, 2.45) is 5.92 Å². The van der Waals surface area contributed by atoms with Crippen molar-refractivity contribution in [3.05, 3.63) is 29.8 Å². The van der Waals surface area contributed by atoms with E-state index in [9.17, 15) is 17.2 Å². The summed E-state index contributed by atoms with van der Waals surface area (Å²) in [5, 5.41) is 0. The number of nitrogens with one attached hydrogen (secondary N) is 1. The molecule has 1 N–H and O–H groups in total. The number of benzene rings is 1. The Bertz CT molecular complexity index is 613. The summed E-state index contributed by atoms with van der Waals surface area (Å²) < 4.78 is 54.1. The predicted octanol–water partition coefficient (Wildman–Crippen LogP) is 3.43. The Balaban J connectivity index is 2.29. The lowest BCUT2D eigenvalue weighted by atomic mass is 9.79. The van der Waals surface area contributed by atoms with Crippen LogP contribution in [0.2, 0.25) is 0 Å². The van der Waals surface area contributed by atoms with Crippen LogP contribution in [0.5, 0.6) is 0 Å². The number of sulfonamides is 1. The van der Waals surface area contributed by atoms with E-state index in [1.165, 1.54) is 0 Å². The molecule has 0 aromatic heterocycles. The molecule has 3 nitrogen and oxygen atoms in total. The summed E-state index contributed by atoms with van der Waals surface area (Å²) in [5.74, 6) is -1.15. The maximum absolute atomic E-state index is 13.7. The van der Waals surface area contributed by atoms with Crippen LogP contribution in [-0.2, 0) is 10.0 Å². The summed E-state index contributed by atoms with van der Waals surface area (Å²) in [4.78, 5) is -0.675. The average molecular weight is 338 g/mol. The van der Waals surface area contributed by atoms with Crippen molar-refractivity contribution in [2.45, 2.75) is 43.0 Å². The van der Waals surface area contributed by atoms with Crippen LogP contribution in [0.1, 0.15) is 32.6 Å². The van der Waals surface area contributed by atoms with Gasteiger partial charge in [-0.2, -0.15) is 0 Å². The second-order valence-electron chi connectivity index (χ2n) is 5.78. The highest BCUT2D eigenvalue weighted by Gasteiger charge is 2.38. The van der Waals surface area contributed by atoms with E-state index in [-0.39, 0.29) is 5.88 Å². The van der Waals surface area contributed by atoms with Gasteiger partial charge in [-0.25, -0.2) is 21.9 Å². The molecular formula is C14H18ClF2NO2S. The zero-order chi connectivity index (χ0) is 15.7. The highest BCUT2D eigenvalue weighted by Crippen LogP contribution is 2.34. The molecule has 0 atom stereocenters. The summed E-state index contributed by atoms with van der Waals surface area (Å²) in [6, 6.07) is 2.37. The Morgan fingerprint density at radius 2 is 1.95 bits per heavy atom. The molecule has 0 spiro atoms. The minimum absolute atomic E-state index is 0.107. The van der Waals surface area contributed by atoms with E-state index >= 15 is 0 Å². The van der Waals surface area contributed by atoms with Gasteiger partial charge in [0.25, 0.3) is 0 Å². The second kappa shape index (κ2) is 6.18. The van der Waals surface area contributed by atoms with Crippen LogP contribution in [0.15, 0.2) is 23.1 Å². The summed E-state index contributed by atoms with van der Waals surface area (Å²) in [6.07, 6.45) is 2.88. The first-order valence-electron chi connectivity index (χ1n) is 6.83. The Hall–Kier alpha value is -0.720. The van der Waals surface area contributed by atoms with Crippen molar-refractivity contribution < 1.29 is 17.2 Å². The molecule has 1 saturated carbocycles. The molecule has 0 aliphatic heterocycles. The zero-order valence-electron chi connectivity index (χ0n) is 11.7. The third kappa shape index (κ3) is 3.73. The molecule has 0 amide bonds. The Kier molecular flexibility index (Phi) is 4.90. The lowest BCUT2D eigenvalue weighted by Gasteiger charge is -2.38. The highest BCUT2D eigenvalue weighted by molar-refractivity contribution is 7.89. The quantitative estimate of drug-likeness (QED) is 0.856. The van der Waals surface area contributed by atoms with Gasteiger partial charge < -0.3 is 0 Å². The summed E-state index contributed by atoms with van der Waals surface area (Å²) in [6.45, 7) is 2.10. The van der Waals surface area contributed by atoms with Gasteiger partial charge in [0.05, 0.1) is 0 Å². The molecule has 1 aromatic rings. The SMILES string of the molecule is CC1CCC(CCl)(NS(=O)(=O)c2cc(F)ccc2F)CC1. The van der Waals surface area contributed by atoms with Crippen molar-refractivity contribution in [3.63, 3.8) is 0 Å². The van der Waals surface area contributed by atoms with Gasteiger partial charge in [-0.3, -0.25) is 0 Å². The largest absolute Gasteiger partial charge is 0.244 e.